The molecular weight excluding hydrogens is 327 g/mol. The molecule has 0 N–H and O–H groups in total. The average Bonchev–Trinajstić information content (AvgIpc) is 1.12. The second-order valence-electron chi connectivity index (χ2n) is 0.894. The van der Waals surface area contributed by atoms with Gasteiger partial charge in [0.2, 0.25) is 0 Å². The maximum Gasteiger partial charge on any atom is 2.00 e. The summed E-state index contributed by atoms with van der Waals surface area (Å²) in [6.07, 6.45) is 0. The fraction of sp³-hybridized carbons (Fsp3) is 0. The quantitative estimate of drug-likeness (QED) is 0.311. The van der Waals surface area contributed by atoms with Crippen LogP contribution in [0.4, 0.5) is 0 Å². The van der Waals surface area contributed by atoms with Crippen LogP contribution in [0.15, 0.2) is 0 Å². The zero-order valence-corrected chi connectivity index (χ0v) is 14.9. The first-order valence-electron chi connectivity index (χ1n) is 1.46. The van der Waals surface area contributed by atoms with Crippen LogP contribution < -0.4 is 88.5 Å². The van der Waals surface area contributed by atoms with Gasteiger partial charge in [-0.25, -0.2) is 0 Å². The summed E-state index contributed by atoms with van der Waals surface area (Å²) >= 11 is 0. The van der Waals surface area contributed by atoms with E-state index in [9.17, 15) is 0 Å². The molecule has 0 aliphatic heterocycles. The van der Waals surface area contributed by atoms with Crippen molar-refractivity contribution in [3.8, 4) is 0 Å². The molecule has 0 unspecified atom stereocenters. The van der Waals surface area contributed by atoms with Gasteiger partial charge in [-0.1, -0.05) is 0 Å². The molecule has 0 saturated carbocycles. The van der Waals surface area contributed by atoms with Gasteiger partial charge in [0.05, 0.1) is 0 Å². The summed E-state index contributed by atoms with van der Waals surface area (Å²) in [6.45, 7) is 0. The van der Waals surface area contributed by atoms with Crippen molar-refractivity contribution in [2.45, 2.75) is 0 Å². The van der Waals surface area contributed by atoms with Crippen molar-refractivity contribution in [1.82, 2.24) is 0 Å². The molecule has 0 amide bonds. The molecule has 66 valence electrons. The van der Waals surface area contributed by atoms with Crippen LogP contribution >= 0.6 is 15.6 Å². The van der Waals surface area contributed by atoms with E-state index in [1.165, 1.54) is 0 Å². The molecule has 0 radical (unpaired) electrons. The maximum atomic E-state index is 8.55. The van der Waals surface area contributed by atoms with Gasteiger partial charge < -0.3 is 38.5 Å². The third-order valence-electron chi connectivity index (χ3n) is 0. The summed E-state index contributed by atoms with van der Waals surface area (Å²) in [5.41, 5.74) is 0. The predicted molar refractivity (Wildman–Crippen MR) is 15.2 cm³/mol. The number of phosphoric acid groups is 2. The van der Waals surface area contributed by atoms with Gasteiger partial charge in [0.25, 0.3) is 0 Å². The Balaban J connectivity index is -0.0000000267. The normalized spacial score (nSPS) is 9.08. The van der Waals surface area contributed by atoms with Crippen molar-refractivity contribution in [2.24, 2.45) is 0 Å². The molecule has 0 atom stereocenters. The van der Waals surface area contributed by atoms with E-state index in [0.717, 1.165) is 0 Å². The fourth-order valence-electron chi connectivity index (χ4n) is 0. The number of hydrogen-bond acceptors (Lipinski definition) is 8. The Kier molecular flexibility index (Phi) is 30.2. The fourth-order valence-corrected chi connectivity index (χ4v) is 0. The van der Waals surface area contributed by atoms with Gasteiger partial charge in [-0.05, 0) is 0 Å². The van der Waals surface area contributed by atoms with E-state index in [1.54, 1.807) is 0 Å². The summed E-state index contributed by atoms with van der Waals surface area (Å²) in [7, 11) is -10.8. The Morgan fingerprint density at radius 1 is 0.615 bits per heavy atom. The van der Waals surface area contributed by atoms with Gasteiger partial charge in [-0.3, -0.25) is 0 Å². The first kappa shape index (κ1) is 29.8. The van der Waals surface area contributed by atoms with Crippen LogP contribution in [0.5, 0.6) is 0 Å². The second-order valence-corrected chi connectivity index (χ2v) is 2.68. The van der Waals surface area contributed by atoms with Crippen molar-refractivity contribution in [3.05, 3.63) is 0 Å². The van der Waals surface area contributed by atoms with E-state index >= 15 is 0 Å². The van der Waals surface area contributed by atoms with Gasteiger partial charge in [0, 0.05) is 0 Å². The Morgan fingerprint density at radius 2 is 0.615 bits per heavy atom. The van der Waals surface area contributed by atoms with Crippen molar-refractivity contribution < 1.29 is 124 Å². The van der Waals surface area contributed by atoms with E-state index < -0.39 is 15.6 Å². The minimum absolute atomic E-state index is 0. The standard InChI is InChI=1S/2Na.2H3O4P.Zr/c;;2*1-5(2,3)4;/h;;2*(H3,1,2,3,4);/q2*+1;;;+2/p-6. The van der Waals surface area contributed by atoms with E-state index in [2.05, 4.69) is 0 Å². The van der Waals surface area contributed by atoms with Gasteiger partial charge in [-0.2, -0.15) is 15.6 Å². The molecule has 0 aliphatic carbocycles. The first-order valence-corrected chi connectivity index (χ1v) is 4.38. The molecule has 13 heavy (non-hydrogen) atoms. The largest absolute Gasteiger partial charge is 2.00 e. The third kappa shape index (κ3) is 269. The first-order chi connectivity index (χ1) is 4.00. The Morgan fingerprint density at radius 3 is 0.615 bits per heavy atom. The molecule has 0 bridgehead atoms. The molecule has 0 aromatic heterocycles. The molecule has 0 aromatic rings. The zero-order chi connectivity index (χ0) is 9.00. The molecular formula is Na2O8P2Zr-2. The summed E-state index contributed by atoms with van der Waals surface area (Å²) in [5, 5.41) is 0. The molecule has 0 aromatic carbocycles. The summed E-state index contributed by atoms with van der Waals surface area (Å²) in [5.74, 6) is 0. The van der Waals surface area contributed by atoms with Crippen molar-refractivity contribution >= 4 is 15.6 Å². The van der Waals surface area contributed by atoms with Crippen LogP contribution in [0.25, 0.3) is 0 Å². The van der Waals surface area contributed by atoms with Crippen LogP contribution in [0, 0.1) is 0 Å². The average molecular weight is 327 g/mol. The monoisotopic (exact) mass is 326 g/mol. The van der Waals surface area contributed by atoms with Crippen LogP contribution in [0.2, 0.25) is 0 Å². The Hall–Kier alpha value is 3.10. The van der Waals surface area contributed by atoms with E-state index in [4.69, 9.17) is 38.5 Å². The summed E-state index contributed by atoms with van der Waals surface area (Å²) in [4.78, 5) is 51.3. The predicted octanol–water partition coefficient (Wildman–Crippen LogP) is -11.6. The number of hydrogen-bond donors (Lipinski definition) is 0. The van der Waals surface area contributed by atoms with E-state index in [0.29, 0.717) is 0 Å². The Bertz CT molecular complexity index is 132. The van der Waals surface area contributed by atoms with E-state index in [1.807, 2.05) is 0 Å². The minimum atomic E-state index is -5.39. The molecule has 0 spiro atoms. The van der Waals surface area contributed by atoms with Crippen molar-refractivity contribution in [3.63, 3.8) is 0 Å². The Labute approximate surface area is 137 Å². The molecule has 0 heterocycles. The second kappa shape index (κ2) is 13.2. The molecule has 0 saturated heterocycles. The molecule has 0 aliphatic rings. The van der Waals surface area contributed by atoms with Crippen molar-refractivity contribution in [1.29, 1.82) is 0 Å². The SMILES string of the molecule is O=P([O-])([O-])[O-].O=P([O-])([O-])[O-].[Na+].[Na+].[Zr+2]. The third-order valence-corrected chi connectivity index (χ3v) is 0. The molecule has 13 heteroatoms. The van der Waals surface area contributed by atoms with E-state index in [-0.39, 0.29) is 85.3 Å². The van der Waals surface area contributed by atoms with Gasteiger partial charge in [-0.15, -0.1) is 0 Å². The summed E-state index contributed by atoms with van der Waals surface area (Å²) in [6, 6.07) is 0. The van der Waals surface area contributed by atoms with Gasteiger partial charge >= 0.3 is 85.3 Å². The zero-order valence-electron chi connectivity index (χ0n) is 6.66. The van der Waals surface area contributed by atoms with Crippen LogP contribution in [-0.2, 0) is 35.3 Å². The number of rotatable bonds is 0. The van der Waals surface area contributed by atoms with Gasteiger partial charge in [0.1, 0.15) is 0 Å². The van der Waals surface area contributed by atoms with Crippen LogP contribution in [0.1, 0.15) is 0 Å². The maximum absolute atomic E-state index is 8.55. The van der Waals surface area contributed by atoms with Crippen LogP contribution in [-0.4, -0.2) is 0 Å². The minimum Gasteiger partial charge on any atom is -0.822 e. The van der Waals surface area contributed by atoms with Gasteiger partial charge in [0.15, 0.2) is 0 Å². The molecule has 0 fully saturated rings. The topological polar surface area (TPSA) is 172 Å². The molecule has 8 nitrogen and oxygen atoms in total. The smallest absolute Gasteiger partial charge is 0.822 e. The summed E-state index contributed by atoms with van der Waals surface area (Å²) < 4.78 is 17.1. The van der Waals surface area contributed by atoms with Crippen molar-refractivity contribution in [2.75, 3.05) is 0 Å². The van der Waals surface area contributed by atoms with Crippen LogP contribution in [0.3, 0.4) is 0 Å². The molecule has 0 rings (SSSR count).